The van der Waals surface area contributed by atoms with Crippen molar-refractivity contribution in [3.63, 3.8) is 0 Å². The van der Waals surface area contributed by atoms with Crippen LogP contribution in [0.2, 0.25) is 10.0 Å². The number of halogens is 2. The van der Waals surface area contributed by atoms with Crippen molar-refractivity contribution in [2.75, 3.05) is 32.5 Å². The van der Waals surface area contributed by atoms with Gasteiger partial charge in [0.1, 0.15) is 5.75 Å². The summed E-state index contributed by atoms with van der Waals surface area (Å²) in [5.41, 5.74) is 1.77. The van der Waals surface area contributed by atoms with Gasteiger partial charge in [0.05, 0.1) is 29.1 Å². The SMILES string of the molecule is COc1ccc2ncc(Cl)c(CCCC3(CC(=O)O)CCN(CCSc4ccccc4Cl)CC3)c2c1. The van der Waals surface area contributed by atoms with Gasteiger partial charge in [-0.1, -0.05) is 35.3 Å². The van der Waals surface area contributed by atoms with E-state index in [1.807, 2.05) is 36.4 Å². The highest BCUT2D eigenvalue weighted by atomic mass is 35.5. The smallest absolute Gasteiger partial charge is 0.303 e. The van der Waals surface area contributed by atoms with Gasteiger partial charge in [-0.2, -0.15) is 0 Å². The standard InChI is InChI=1S/C28H32Cl2N2O3S/c1-35-20-8-9-25-22(17-20)21(24(30)19-31-25)5-4-10-28(18-27(33)34)11-13-32(14-12-28)15-16-36-26-7-3-2-6-23(26)29/h2-3,6-9,17,19H,4-5,10-16,18H2,1H3,(H,33,34). The van der Waals surface area contributed by atoms with Crippen molar-refractivity contribution < 1.29 is 14.6 Å². The minimum Gasteiger partial charge on any atom is -0.497 e. The maximum Gasteiger partial charge on any atom is 0.303 e. The van der Waals surface area contributed by atoms with Gasteiger partial charge in [0.15, 0.2) is 0 Å². The average Bonchev–Trinajstić information content (AvgIpc) is 2.87. The van der Waals surface area contributed by atoms with Crippen LogP contribution in [0.3, 0.4) is 0 Å². The summed E-state index contributed by atoms with van der Waals surface area (Å²) >= 11 is 14.6. The van der Waals surface area contributed by atoms with Crippen LogP contribution in [0.15, 0.2) is 53.6 Å². The Morgan fingerprint density at radius 2 is 1.94 bits per heavy atom. The highest BCUT2D eigenvalue weighted by molar-refractivity contribution is 7.99. The summed E-state index contributed by atoms with van der Waals surface area (Å²) in [5, 5.41) is 12.1. The maximum absolute atomic E-state index is 11.8. The summed E-state index contributed by atoms with van der Waals surface area (Å²) in [4.78, 5) is 19.8. The van der Waals surface area contributed by atoms with Gasteiger partial charge in [0.2, 0.25) is 0 Å². The first kappa shape index (κ1) is 27.1. The summed E-state index contributed by atoms with van der Waals surface area (Å²) in [6.45, 7) is 2.82. The number of hydrogen-bond acceptors (Lipinski definition) is 5. The minimum absolute atomic E-state index is 0.175. The van der Waals surface area contributed by atoms with E-state index >= 15 is 0 Å². The van der Waals surface area contributed by atoms with E-state index in [0.29, 0.717) is 5.02 Å². The molecule has 1 aliphatic heterocycles. The van der Waals surface area contributed by atoms with Crippen LogP contribution in [0.5, 0.6) is 5.75 Å². The van der Waals surface area contributed by atoms with Gasteiger partial charge in [0.25, 0.3) is 0 Å². The molecule has 4 rings (SSSR count). The van der Waals surface area contributed by atoms with Crippen molar-refractivity contribution in [3.8, 4) is 5.75 Å². The largest absolute Gasteiger partial charge is 0.497 e. The third kappa shape index (κ3) is 6.86. The second kappa shape index (κ2) is 12.5. The number of carboxylic acids is 1. The molecule has 5 nitrogen and oxygen atoms in total. The topological polar surface area (TPSA) is 62.7 Å². The highest BCUT2D eigenvalue weighted by Gasteiger charge is 2.36. The van der Waals surface area contributed by atoms with E-state index in [0.717, 1.165) is 89.6 Å². The zero-order valence-electron chi connectivity index (χ0n) is 20.5. The molecule has 0 spiro atoms. The highest BCUT2D eigenvalue weighted by Crippen LogP contribution is 2.41. The normalized spacial score (nSPS) is 15.8. The van der Waals surface area contributed by atoms with E-state index in [1.165, 1.54) is 0 Å². The molecule has 1 N–H and O–H groups in total. The predicted octanol–water partition coefficient (Wildman–Crippen LogP) is 7.22. The van der Waals surface area contributed by atoms with Crippen molar-refractivity contribution in [2.45, 2.75) is 43.4 Å². The Labute approximate surface area is 227 Å². The van der Waals surface area contributed by atoms with Crippen LogP contribution >= 0.6 is 35.0 Å². The number of carbonyl (C=O) groups is 1. The van der Waals surface area contributed by atoms with Crippen LogP contribution in [-0.2, 0) is 11.2 Å². The molecule has 36 heavy (non-hydrogen) atoms. The molecule has 0 aliphatic carbocycles. The number of aliphatic carboxylic acids is 1. The van der Waals surface area contributed by atoms with Crippen LogP contribution in [0, 0.1) is 5.41 Å². The Morgan fingerprint density at radius 3 is 2.67 bits per heavy atom. The van der Waals surface area contributed by atoms with E-state index in [-0.39, 0.29) is 11.8 Å². The number of benzene rings is 2. The van der Waals surface area contributed by atoms with Crippen LogP contribution in [0.25, 0.3) is 10.9 Å². The van der Waals surface area contributed by atoms with Gasteiger partial charge in [0, 0.05) is 28.8 Å². The van der Waals surface area contributed by atoms with E-state index in [9.17, 15) is 9.90 Å². The number of piperidine rings is 1. The number of hydrogen-bond donors (Lipinski definition) is 1. The summed E-state index contributed by atoms with van der Waals surface area (Å²) < 4.78 is 5.40. The van der Waals surface area contributed by atoms with E-state index in [1.54, 1.807) is 25.1 Å². The Balaban J connectivity index is 1.35. The number of aryl methyl sites for hydroxylation is 1. The number of likely N-dealkylation sites (tertiary alicyclic amines) is 1. The van der Waals surface area contributed by atoms with Gasteiger partial charge in [-0.15, -0.1) is 11.8 Å². The molecular formula is C28H32Cl2N2O3S. The van der Waals surface area contributed by atoms with Crippen molar-refractivity contribution in [2.24, 2.45) is 5.41 Å². The summed E-state index contributed by atoms with van der Waals surface area (Å²) in [5.74, 6) is 1.03. The number of rotatable bonds is 11. The third-order valence-electron chi connectivity index (χ3n) is 7.21. The molecule has 2 heterocycles. The molecule has 1 saturated heterocycles. The molecule has 0 bridgehead atoms. The number of fused-ring (bicyclic) bond motifs is 1. The number of pyridine rings is 1. The number of thioether (sulfide) groups is 1. The van der Waals surface area contributed by atoms with Crippen molar-refractivity contribution in [1.82, 2.24) is 9.88 Å². The zero-order chi connectivity index (χ0) is 25.5. The Bertz CT molecular complexity index is 1200. The van der Waals surface area contributed by atoms with E-state index < -0.39 is 5.97 Å². The van der Waals surface area contributed by atoms with Gasteiger partial charge < -0.3 is 14.7 Å². The molecular weight excluding hydrogens is 515 g/mol. The quantitative estimate of drug-likeness (QED) is 0.256. The lowest BCUT2D eigenvalue weighted by molar-refractivity contribution is -0.140. The monoisotopic (exact) mass is 546 g/mol. The molecule has 1 aliphatic rings. The second-order valence-electron chi connectivity index (χ2n) is 9.51. The molecule has 2 aromatic carbocycles. The minimum atomic E-state index is -0.713. The van der Waals surface area contributed by atoms with Gasteiger partial charge in [-0.3, -0.25) is 9.78 Å². The molecule has 1 aromatic heterocycles. The fraction of sp³-hybridized carbons (Fsp3) is 0.429. The summed E-state index contributed by atoms with van der Waals surface area (Å²) in [7, 11) is 1.65. The van der Waals surface area contributed by atoms with Gasteiger partial charge in [-0.05, 0) is 86.5 Å². The van der Waals surface area contributed by atoms with E-state index in [4.69, 9.17) is 27.9 Å². The molecule has 3 aromatic rings. The molecule has 8 heteroatoms. The summed E-state index contributed by atoms with van der Waals surface area (Å²) in [6, 6.07) is 13.7. The Hall–Kier alpha value is -1.99. The predicted molar refractivity (Wildman–Crippen MR) is 149 cm³/mol. The molecule has 0 atom stereocenters. The van der Waals surface area contributed by atoms with Crippen LogP contribution in [-0.4, -0.2) is 53.5 Å². The molecule has 0 radical (unpaired) electrons. The van der Waals surface area contributed by atoms with Crippen LogP contribution in [0.1, 0.15) is 37.7 Å². The van der Waals surface area contributed by atoms with Crippen molar-refractivity contribution >= 4 is 51.8 Å². The maximum atomic E-state index is 11.8. The number of aromatic nitrogens is 1. The first-order valence-corrected chi connectivity index (χ1v) is 14.1. The Morgan fingerprint density at radius 1 is 1.17 bits per heavy atom. The first-order chi connectivity index (χ1) is 17.4. The average molecular weight is 548 g/mol. The van der Waals surface area contributed by atoms with Crippen LogP contribution < -0.4 is 4.74 Å². The van der Waals surface area contributed by atoms with Crippen LogP contribution in [0.4, 0.5) is 0 Å². The molecule has 1 fully saturated rings. The molecule has 0 unspecified atom stereocenters. The number of carboxylic acid groups (broad SMARTS) is 1. The summed E-state index contributed by atoms with van der Waals surface area (Å²) in [6.07, 6.45) is 6.25. The second-order valence-corrected chi connectivity index (χ2v) is 11.5. The lowest BCUT2D eigenvalue weighted by Gasteiger charge is -2.41. The fourth-order valence-corrected chi connectivity index (χ4v) is 6.65. The van der Waals surface area contributed by atoms with Gasteiger partial charge in [-0.25, -0.2) is 0 Å². The third-order valence-corrected chi connectivity index (χ3v) is 9.03. The van der Waals surface area contributed by atoms with E-state index in [2.05, 4.69) is 16.0 Å². The van der Waals surface area contributed by atoms with Crippen molar-refractivity contribution in [1.29, 1.82) is 0 Å². The lowest BCUT2D eigenvalue weighted by atomic mass is 9.72. The lowest BCUT2D eigenvalue weighted by Crippen LogP contribution is -2.42. The number of ether oxygens (including phenoxy) is 1. The molecule has 192 valence electrons. The molecule has 0 saturated carbocycles. The van der Waals surface area contributed by atoms with Crippen molar-refractivity contribution in [3.05, 3.63) is 64.3 Å². The number of nitrogens with zero attached hydrogens (tertiary/aromatic N) is 2. The fourth-order valence-electron chi connectivity index (χ4n) is 5.16. The number of methoxy groups -OCH3 is 1. The zero-order valence-corrected chi connectivity index (χ0v) is 22.8. The first-order valence-electron chi connectivity index (χ1n) is 12.3. The Kier molecular flexibility index (Phi) is 9.40. The molecule has 0 amide bonds. The van der Waals surface area contributed by atoms with Gasteiger partial charge >= 0.3 is 5.97 Å².